The summed E-state index contributed by atoms with van der Waals surface area (Å²) in [6.07, 6.45) is 5.32. The lowest BCUT2D eigenvalue weighted by Gasteiger charge is -2.32. The zero-order valence-corrected chi connectivity index (χ0v) is 21.0. The van der Waals surface area contributed by atoms with E-state index < -0.39 is 5.60 Å². The number of piperidine rings is 1. The molecule has 0 spiro atoms. The van der Waals surface area contributed by atoms with Gasteiger partial charge in [0.25, 0.3) is 0 Å². The molecule has 1 saturated heterocycles. The van der Waals surface area contributed by atoms with Gasteiger partial charge in [-0.05, 0) is 81.8 Å². The summed E-state index contributed by atoms with van der Waals surface area (Å²) in [6.45, 7) is 7.06. The quantitative estimate of drug-likeness (QED) is 0.378. The largest absolute Gasteiger partial charge is 0.460 e. The van der Waals surface area contributed by atoms with Crippen molar-refractivity contribution in [3.8, 4) is 5.69 Å². The molecule has 0 unspecified atom stereocenters. The molecule has 0 atom stereocenters. The van der Waals surface area contributed by atoms with Crippen LogP contribution < -0.4 is 0 Å². The molecule has 1 aliphatic heterocycles. The maximum atomic E-state index is 12.7. The molecule has 0 radical (unpaired) electrons. The molecule has 6 heteroatoms. The molecule has 1 aliphatic rings. The van der Waals surface area contributed by atoms with Crippen molar-refractivity contribution in [3.63, 3.8) is 0 Å². The van der Waals surface area contributed by atoms with Crippen molar-refractivity contribution in [2.45, 2.75) is 64.4 Å². The van der Waals surface area contributed by atoms with Gasteiger partial charge in [-0.25, -0.2) is 0 Å². The molecule has 0 bridgehead atoms. The van der Waals surface area contributed by atoms with Gasteiger partial charge in [0.05, 0.1) is 5.52 Å². The van der Waals surface area contributed by atoms with Crippen molar-refractivity contribution < 1.29 is 14.3 Å². The Hall–Kier alpha value is -2.79. The number of benzene rings is 2. The number of carbonyl (C=O) groups is 2. The highest BCUT2D eigenvalue weighted by atomic mass is 35.5. The first-order valence-electron chi connectivity index (χ1n) is 12.1. The summed E-state index contributed by atoms with van der Waals surface area (Å²) in [7, 11) is 0. The SMILES string of the molecule is CC(C)(C)OC(=O)CCCC(=O)N1CCC(c2cn(-c3ccc(Cl)cc3)c3ccccc23)CC1. The third-order valence-electron chi connectivity index (χ3n) is 6.33. The van der Waals surface area contributed by atoms with Crippen LogP contribution in [0.2, 0.25) is 5.02 Å². The van der Waals surface area contributed by atoms with E-state index >= 15 is 0 Å². The highest BCUT2D eigenvalue weighted by molar-refractivity contribution is 6.30. The predicted molar refractivity (Wildman–Crippen MR) is 137 cm³/mol. The Balaban J connectivity index is 1.38. The Labute approximate surface area is 206 Å². The summed E-state index contributed by atoms with van der Waals surface area (Å²) in [5.74, 6) is 0.297. The second-order valence-electron chi connectivity index (χ2n) is 10.0. The van der Waals surface area contributed by atoms with E-state index in [4.69, 9.17) is 16.3 Å². The number of amides is 1. The Morgan fingerprint density at radius 2 is 1.68 bits per heavy atom. The summed E-state index contributed by atoms with van der Waals surface area (Å²) in [6, 6.07) is 16.4. The zero-order chi connectivity index (χ0) is 24.3. The molecule has 1 aromatic heterocycles. The van der Waals surface area contributed by atoms with E-state index in [2.05, 4.69) is 35.0 Å². The Morgan fingerprint density at radius 1 is 1.00 bits per heavy atom. The number of ether oxygens (including phenoxy) is 1. The van der Waals surface area contributed by atoms with Crippen molar-refractivity contribution in [1.29, 1.82) is 0 Å². The van der Waals surface area contributed by atoms with E-state index in [1.54, 1.807) is 0 Å². The van der Waals surface area contributed by atoms with Crippen LogP contribution in [0.1, 0.15) is 64.4 Å². The van der Waals surface area contributed by atoms with Crippen LogP contribution in [0.5, 0.6) is 0 Å². The lowest BCUT2D eigenvalue weighted by atomic mass is 9.89. The van der Waals surface area contributed by atoms with Crippen LogP contribution >= 0.6 is 11.6 Å². The van der Waals surface area contributed by atoms with Gasteiger partial charge in [-0.15, -0.1) is 0 Å². The first-order valence-corrected chi connectivity index (χ1v) is 12.4. The van der Waals surface area contributed by atoms with Gasteiger partial charge in [-0.2, -0.15) is 0 Å². The average molecular weight is 481 g/mol. The Bertz CT molecular complexity index is 1150. The van der Waals surface area contributed by atoms with Gasteiger partial charge in [0.2, 0.25) is 5.91 Å². The van der Waals surface area contributed by atoms with Crippen LogP contribution in [-0.2, 0) is 14.3 Å². The van der Waals surface area contributed by atoms with E-state index in [0.29, 0.717) is 18.8 Å². The van der Waals surface area contributed by atoms with Crippen molar-refractivity contribution in [2.24, 2.45) is 0 Å². The Morgan fingerprint density at radius 3 is 2.35 bits per heavy atom. The number of rotatable bonds is 6. The van der Waals surface area contributed by atoms with Gasteiger partial charge in [0, 0.05) is 48.2 Å². The summed E-state index contributed by atoms with van der Waals surface area (Å²) in [5, 5.41) is 1.99. The third-order valence-corrected chi connectivity index (χ3v) is 6.58. The van der Waals surface area contributed by atoms with Gasteiger partial charge < -0.3 is 14.2 Å². The average Bonchev–Trinajstić information content (AvgIpc) is 3.18. The highest BCUT2D eigenvalue weighted by Crippen LogP contribution is 2.36. The Kier molecular flexibility index (Phi) is 7.32. The van der Waals surface area contributed by atoms with Crippen LogP contribution in [0.15, 0.2) is 54.7 Å². The van der Waals surface area contributed by atoms with Crippen LogP contribution in [0, 0.1) is 0 Å². The molecule has 0 N–H and O–H groups in total. The first kappa shape index (κ1) is 24.3. The van der Waals surface area contributed by atoms with Crippen LogP contribution in [0.25, 0.3) is 16.6 Å². The minimum atomic E-state index is -0.486. The van der Waals surface area contributed by atoms with Crippen LogP contribution in [0.4, 0.5) is 0 Å². The molecule has 0 saturated carbocycles. The first-order chi connectivity index (χ1) is 16.2. The second kappa shape index (κ2) is 10.2. The topological polar surface area (TPSA) is 51.5 Å². The molecule has 3 aromatic rings. The molecule has 1 fully saturated rings. The fourth-order valence-electron chi connectivity index (χ4n) is 4.72. The minimum absolute atomic E-state index is 0.130. The van der Waals surface area contributed by atoms with E-state index in [-0.39, 0.29) is 18.3 Å². The fourth-order valence-corrected chi connectivity index (χ4v) is 4.85. The molecule has 0 aliphatic carbocycles. The third kappa shape index (κ3) is 5.82. The molecular formula is C28H33ClN2O3. The molecule has 2 heterocycles. The molecule has 180 valence electrons. The smallest absolute Gasteiger partial charge is 0.306 e. The number of hydrogen-bond acceptors (Lipinski definition) is 3. The summed E-state index contributed by atoms with van der Waals surface area (Å²) < 4.78 is 7.56. The normalized spacial score (nSPS) is 15.0. The number of para-hydroxylation sites is 1. The molecule has 34 heavy (non-hydrogen) atoms. The monoisotopic (exact) mass is 480 g/mol. The van der Waals surface area contributed by atoms with E-state index in [1.807, 2.05) is 49.9 Å². The number of nitrogens with zero attached hydrogens (tertiary/aromatic N) is 2. The predicted octanol–water partition coefficient (Wildman–Crippen LogP) is 6.50. The summed E-state index contributed by atoms with van der Waals surface area (Å²) in [4.78, 5) is 26.5. The zero-order valence-electron chi connectivity index (χ0n) is 20.2. The number of esters is 1. The van der Waals surface area contributed by atoms with E-state index in [9.17, 15) is 9.59 Å². The number of hydrogen-bond donors (Lipinski definition) is 0. The lowest BCUT2D eigenvalue weighted by Crippen LogP contribution is -2.37. The fraction of sp³-hybridized carbons (Fsp3) is 0.429. The number of fused-ring (bicyclic) bond motifs is 1. The van der Waals surface area contributed by atoms with Gasteiger partial charge >= 0.3 is 5.97 Å². The molecule has 2 aromatic carbocycles. The molecular weight excluding hydrogens is 448 g/mol. The van der Waals surface area contributed by atoms with Crippen molar-refractivity contribution in [1.82, 2.24) is 9.47 Å². The van der Waals surface area contributed by atoms with Crippen LogP contribution in [-0.4, -0.2) is 40.0 Å². The molecule has 5 nitrogen and oxygen atoms in total. The van der Waals surface area contributed by atoms with Gasteiger partial charge in [0.1, 0.15) is 5.60 Å². The lowest BCUT2D eigenvalue weighted by molar-refractivity contribution is -0.154. The summed E-state index contributed by atoms with van der Waals surface area (Å²) >= 11 is 6.09. The van der Waals surface area contributed by atoms with E-state index in [1.165, 1.54) is 16.5 Å². The van der Waals surface area contributed by atoms with Crippen molar-refractivity contribution in [3.05, 3.63) is 65.3 Å². The van der Waals surface area contributed by atoms with Crippen molar-refractivity contribution in [2.75, 3.05) is 13.1 Å². The second-order valence-corrected chi connectivity index (χ2v) is 10.5. The molecule has 1 amide bonds. The van der Waals surface area contributed by atoms with E-state index in [0.717, 1.165) is 36.6 Å². The van der Waals surface area contributed by atoms with Crippen molar-refractivity contribution >= 4 is 34.4 Å². The van der Waals surface area contributed by atoms with Gasteiger partial charge in [0.15, 0.2) is 0 Å². The number of carbonyl (C=O) groups excluding carboxylic acids is 2. The number of aromatic nitrogens is 1. The molecule has 4 rings (SSSR count). The van der Waals surface area contributed by atoms with Gasteiger partial charge in [-0.1, -0.05) is 29.8 Å². The van der Waals surface area contributed by atoms with Crippen LogP contribution in [0.3, 0.4) is 0 Å². The standard InChI is InChI=1S/C28H33ClN2O3/c1-28(2,3)34-27(33)10-6-9-26(32)30-17-15-20(16-18-30)24-19-31(22-13-11-21(29)12-14-22)25-8-5-4-7-23(24)25/h4-5,7-8,11-14,19-20H,6,9-10,15-18H2,1-3H3. The highest BCUT2D eigenvalue weighted by Gasteiger charge is 2.26. The minimum Gasteiger partial charge on any atom is -0.460 e. The number of likely N-dealkylation sites (tertiary alicyclic amines) is 1. The van der Waals surface area contributed by atoms with Gasteiger partial charge in [-0.3, -0.25) is 9.59 Å². The maximum absolute atomic E-state index is 12.7. The summed E-state index contributed by atoms with van der Waals surface area (Å²) in [5.41, 5.74) is 3.12. The number of halogens is 1. The maximum Gasteiger partial charge on any atom is 0.306 e.